The van der Waals surface area contributed by atoms with E-state index in [0.29, 0.717) is 11.2 Å². The summed E-state index contributed by atoms with van der Waals surface area (Å²) >= 11 is 5.57. The van der Waals surface area contributed by atoms with E-state index in [9.17, 15) is 0 Å². The molecule has 0 amide bonds. The third kappa shape index (κ3) is 1.30. The summed E-state index contributed by atoms with van der Waals surface area (Å²) in [6, 6.07) is 0.319. The monoisotopic (exact) mass is 130 g/mol. The van der Waals surface area contributed by atoms with Gasteiger partial charge in [-0.25, -0.2) is 4.99 Å². The van der Waals surface area contributed by atoms with Gasteiger partial charge < -0.3 is 0 Å². The minimum atomic E-state index is 0.319. The van der Waals surface area contributed by atoms with Crippen molar-refractivity contribution >= 4 is 23.1 Å². The highest BCUT2D eigenvalue weighted by molar-refractivity contribution is 6.66. The molecule has 0 saturated carbocycles. The van der Waals surface area contributed by atoms with Crippen LogP contribution in [0.3, 0.4) is 0 Å². The topological polar surface area (TPSA) is 24.7 Å². The molecule has 0 fully saturated rings. The highest BCUT2D eigenvalue weighted by atomic mass is 35.5. The highest BCUT2D eigenvalue weighted by Crippen LogP contribution is 2.05. The lowest BCUT2D eigenvalue weighted by Gasteiger charge is -2.05. The second-order valence-corrected chi connectivity index (χ2v) is 2.26. The first-order chi connectivity index (χ1) is 3.79. The number of rotatable bonds is 0. The fraction of sp³-hybridized carbons (Fsp3) is 0.600. The maximum atomic E-state index is 5.57. The Hall–Kier alpha value is -0.370. The van der Waals surface area contributed by atoms with Crippen molar-refractivity contribution in [1.82, 2.24) is 0 Å². The lowest BCUT2D eigenvalue weighted by Crippen LogP contribution is -2.07. The zero-order valence-electron chi connectivity index (χ0n) is 4.63. The molecule has 1 aliphatic rings. The van der Waals surface area contributed by atoms with E-state index in [1.165, 1.54) is 6.34 Å². The van der Waals surface area contributed by atoms with E-state index in [-0.39, 0.29) is 0 Å². The van der Waals surface area contributed by atoms with Gasteiger partial charge in [-0.05, 0) is 6.92 Å². The number of halogens is 1. The maximum absolute atomic E-state index is 5.57. The number of hydrogen-bond acceptors (Lipinski definition) is 2. The fourth-order valence-corrected chi connectivity index (χ4v) is 0.826. The Morgan fingerprint density at radius 3 is 3.00 bits per heavy atom. The van der Waals surface area contributed by atoms with Crippen molar-refractivity contribution in [2.75, 3.05) is 0 Å². The van der Waals surface area contributed by atoms with Crippen LogP contribution >= 0.6 is 11.6 Å². The van der Waals surface area contributed by atoms with Gasteiger partial charge in [-0.3, -0.25) is 4.99 Å². The predicted octanol–water partition coefficient (Wildman–Crippen LogP) is 1.44. The molecule has 0 bridgehead atoms. The number of nitrogens with zero attached hydrogens (tertiary/aromatic N) is 2. The molecule has 0 N–H and O–H groups in total. The molecule has 0 aliphatic carbocycles. The van der Waals surface area contributed by atoms with Crippen molar-refractivity contribution in [2.45, 2.75) is 19.4 Å². The molecule has 3 heteroatoms. The minimum Gasteiger partial charge on any atom is -0.270 e. The fourth-order valence-electron chi connectivity index (χ4n) is 0.559. The highest BCUT2D eigenvalue weighted by Gasteiger charge is 2.04. The first-order valence-electron chi connectivity index (χ1n) is 2.53. The van der Waals surface area contributed by atoms with Crippen LogP contribution in [0.1, 0.15) is 13.3 Å². The van der Waals surface area contributed by atoms with Gasteiger partial charge in [0.2, 0.25) is 0 Å². The summed E-state index contributed by atoms with van der Waals surface area (Å²) in [5, 5.41) is 0.660. The molecule has 0 radical (unpaired) electrons. The Bertz CT molecular complexity index is 139. The van der Waals surface area contributed by atoms with Crippen molar-refractivity contribution in [1.29, 1.82) is 0 Å². The summed E-state index contributed by atoms with van der Waals surface area (Å²) < 4.78 is 0. The Kier molecular flexibility index (Phi) is 1.63. The summed E-state index contributed by atoms with van der Waals surface area (Å²) in [7, 11) is 0. The lowest BCUT2D eigenvalue weighted by atomic mass is 10.2. The SMILES string of the molecule is CC1CC(Cl)=NC=N1. The van der Waals surface area contributed by atoms with Gasteiger partial charge in [0.15, 0.2) is 0 Å². The van der Waals surface area contributed by atoms with Gasteiger partial charge in [-0.15, -0.1) is 0 Å². The number of aliphatic imine (C=N–C) groups is 2. The van der Waals surface area contributed by atoms with Gasteiger partial charge in [0.1, 0.15) is 11.5 Å². The molecule has 0 aromatic heterocycles. The molecule has 2 nitrogen and oxygen atoms in total. The second-order valence-electron chi connectivity index (χ2n) is 1.82. The average molecular weight is 131 g/mol. The number of hydrogen-bond donors (Lipinski definition) is 0. The molecule has 44 valence electrons. The summed E-state index contributed by atoms with van der Waals surface area (Å²) in [6.07, 6.45) is 2.30. The summed E-state index contributed by atoms with van der Waals surface area (Å²) in [5.74, 6) is 0. The van der Waals surface area contributed by atoms with Crippen LogP contribution in [-0.2, 0) is 0 Å². The molecule has 1 atom stereocenters. The molecule has 8 heavy (non-hydrogen) atoms. The van der Waals surface area contributed by atoms with Crippen molar-refractivity contribution in [3.8, 4) is 0 Å². The Labute approximate surface area is 53.3 Å². The summed E-state index contributed by atoms with van der Waals surface area (Å²) in [5.41, 5.74) is 0. The minimum absolute atomic E-state index is 0.319. The van der Waals surface area contributed by atoms with Gasteiger partial charge in [0, 0.05) is 6.42 Å². The smallest absolute Gasteiger partial charge is 0.111 e. The molecule has 0 aromatic carbocycles. The van der Waals surface area contributed by atoms with Crippen LogP contribution in [-0.4, -0.2) is 17.6 Å². The first-order valence-corrected chi connectivity index (χ1v) is 2.90. The Balaban J connectivity index is 2.59. The van der Waals surface area contributed by atoms with E-state index in [2.05, 4.69) is 9.98 Å². The third-order valence-electron chi connectivity index (χ3n) is 0.983. The van der Waals surface area contributed by atoms with Gasteiger partial charge in [-0.1, -0.05) is 11.6 Å². The van der Waals surface area contributed by atoms with Crippen LogP contribution in [0.4, 0.5) is 0 Å². The molecule has 1 rings (SSSR count). The molecule has 0 aromatic rings. The van der Waals surface area contributed by atoms with Crippen molar-refractivity contribution in [3.63, 3.8) is 0 Å². The molecule has 1 heterocycles. The molecule has 0 saturated heterocycles. The van der Waals surface area contributed by atoms with E-state index >= 15 is 0 Å². The first kappa shape index (κ1) is 5.76. The van der Waals surface area contributed by atoms with Gasteiger partial charge in [-0.2, -0.15) is 0 Å². The quantitative estimate of drug-likeness (QED) is 0.474. The van der Waals surface area contributed by atoms with Crippen LogP contribution in [0.15, 0.2) is 9.98 Å². The molecule has 1 aliphatic heterocycles. The van der Waals surface area contributed by atoms with Crippen LogP contribution in [0, 0.1) is 0 Å². The van der Waals surface area contributed by atoms with Gasteiger partial charge in [0.05, 0.1) is 6.04 Å². The van der Waals surface area contributed by atoms with E-state index in [1.54, 1.807) is 0 Å². The van der Waals surface area contributed by atoms with Crippen molar-refractivity contribution in [2.24, 2.45) is 9.98 Å². The van der Waals surface area contributed by atoms with Crippen LogP contribution in [0.5, 0.6) is 0 Å². The Morgan fingerprint density at radius 1 is 1.88 bits per heavy atom. The lowest BCUT2D eigenvalue weighted by molar-refractivity contribution is 0.780. The van der Waals surface area contributed by atoms with Crippen molar-refractivity contribution in [3.05, 3.63) is 0 Å². The van der Waals surface area contributed by atoms with E-state index in [0.717, 1.165) is 6.42 Å². The van der Waals surface area contributed by atoms with Crippen molar-refractivity contribution < 1.29 is 0 Å². The molecule has 0 spiro atoms. The standard InChI is InChI=1S/C5H7ClN2/c1-4-2-5(6)8-3-7-4/h3-4H,2H2,1H3. The van der Waals surface area contributed by atoms with E-state index in [4.69, 9.17) is 11.6 Å². The molecule has 1 unspecified atom stereocenters. The summed E-state index contributed by atoms with van der Waals surface area (Å²) in [6.45, 7) is 2.01. The molecular formula is C5H7ClN2. The Morgan fingerprint density at radius 2 is 2.62 bits per heavy atom. The van der Waals surface area contributed by atoms with Crippen LogP contribution in [0.25, 0.3) is 0 Å². The van der Waals surface area contributed by atoms with Crippen LogP contribution in [0.2, 0.25) is 0 Å². The van der Waals surface area contributed by atoms with Gasteiger partial charge >= 0.3 is 0 Å². The average Bonchev–Trinajstić information content (AvgIpc) is 1.64. The normalized spacial score (nSPS) is 27.8. The summed E-state index contributed by atoms with van der Waals surface area (Å²) in [4.78, 5) is 7.75. The second kappa shape index (κ2) is 2.27. The largest absolute Gasteiger partial charge is 0.270 e. The third-order valence-corrected chi connectivity index (χ3v) is 1.23. The maximum Gasteiger partial charge on any atom is 0.111 e. The predicted molar refractivity (Wildman–Crippen MR) is 35.9 cm³/mol. The zero-order valence-corrected chi connectivity index (χ0v) is 5.39. The van der Waals surface area contributed by atoms with E-state index in [1.807, 2.05) is 6.92 Å². The molecular weight excluding hydrogens is 124 g/mol. The van der Waals surface area contributed by atoms with E-state index < -0.39 is 0 Å². The zero-order chi connectivity index (χ0) is 5.98. The van der Waals surface area contributed by atoms with Crippen LogP contribution < -0.4 is 0 Å². The van der Waals surface area contributed by atoms with Gasteiger partial charge in [0.25, 0.3) is 0 Å².